The highest BCUT2D eigenvalue weighted by Crippen LogP contribution is 2.37. The SMILES string of the molecule is O=C(NC1CCC(F)(F)CC1)[C@H](c1ccccc1Cl)N(C(=O)[C@@H]1CCC(=O)N1c1cccnn1)c1cccc(F)c1. The predicted molar refractivity (Wildman–Crippen MR) is 146 cm³/mol. The van der Waals surface area contributed by atoms with Gasteiger partial charge in [-0.25, -0.2) is 13.2 Å². The highest BCUT2D eigenvalue weighted by atomic mass is 35.5. The number of nitrogens with one attached hydrogen (secondary N) is 1. The summed E-state index contributed by atoms with van der Waals surface area (Å²) < 4.78 is 42.2. The van der Waals surface area contributed by atoms with Gasteiger partial charge in [0.2, 0.25) is 17.7 Å². The molecule has 0 spiro atoms. The maximum atomic E-state index is 14.5. The van der Waals surface area contributed by atoms with Crippen molar-refractivity contribution < 1.29 is 27.6 Å². The van der Waals surface area contributed by atoms with Crippen LogP contribution < -0.4 is 15.1 Å². The van der Waals surface area contributed by atoms with Crippen molar-refractivity contribution in [2.45, 2.75) is 62.6 Å². The van der Waals surface area contributed by atoms with Crippen LogP contribution in [-0.2, 0) is 14.4 Å². The third-order valence-electron chi connectivity index (χ3n) is 7.40. The molecule has 2 fully saturated rings. The lowest BCUT2D eigenvalue weighted by Crippen LogP contribution is -2.53. The molecule has 3 amide bonds. The zero-order valence-electron chi connectivity index (χ0n) is 21.9. The molecule has 1 aliphatic carbocycles. The first kappa shape index (κ1) is 28.5. The van der Waals surface area contributed by atoms with Crippen LogP contribution >= 0.6 is 11.6 Å². The molecular weight excluding hydrogens is 559 g/mol. The number of amides is 3. The fourth-order valence-electron chi connectivity index (χ4n) is 5.38. The Morgan fingerprint density at radius 3 is 2.49 bits per heavy atom. The first-order valence-corrected chi connectivity index (χ1v) is 13.6. The Kier molecular flexibility index (Phi) is 8.25. The van der Waals surface area contributed by atoms with Crippen LogP contribution in [0.2, 0.25) is 5.02 Å². The van der Waals surface area contributed by atoms with Gasteiger partial charge >= 0.3 is 0 Å². The van der Waals surface area contributed by atoms with Gasteiger partial charge in [-0.3, -0.25) is 24.2 Å². The normalized spacial score (nSPS) is 19.6. The standard InChI is InChI=1S/C29H27ClF3N5O3/c30-22-8-2-1-7-21(22)26(27(40)35-19-12-14-29(32,33)15-13-19)37(20-6-3-5-18(31)17-20)28(41)23-10-11-25(39)38(23)24-9-4-16-34-36-24/h1-9,16-17,19,23,26H,10-15H2,(H,35,40)/t23-,26-/m0/s1. The van der Waals surface area contributed by atoms with Crippen molar-refractivity contribution in [1.82, 2.24) is 15.5 Å². The summed E-state index contributed by atoms with van der Waals surface area (Å²) in [4.78, 5) is 43.7. The van der Waals surface area contributed by atoms with Gasteiger partial charge in [0.05, 0.1) is 0 Å². The molecular formula is C29H27ClF3N5O3. The fourth-order valence-corrected chi connectivity index (χ4v) is 5.61. The molecule has 0 unspecified atom stereocenters. The van der Waals surface area contributed by atoms with Gasteiger partial charge in [0.25, 0.3) is 5.91 Å². The van der Waals surface area contributed by atoms with Gasteiger partial charge in [-0.05, 0) is 55.7 Å². The second-order valence-electron chi connectivity index (χ2n) is 10.2. The lowest BCUT2D eigenvalue weighted by atomic mass is 9.91. The van der Waals surface area contributed by atoms with E-state index in [0.717, 1.165) is 11.0 Å². The van der Waals surface area contributed by atoms with Gasteiger partial charge in [0.15, 0.2) is 5.82 Å². The van der Waals surface area contributed by atoms with E-state index in [-0.39, 0.29) is 66.5 Å². The molecule has 3 aromatic rings. The molecule has 1 aliphatic heterocycles. The first-order valence-electron chi connectivity index (χ1n) is 13.3. The molecule has 5 rings (SSSR count). The van der Waals surface area contributed by atoms with Crippen molar-refractivity contribution in [1.29, 1.82) is 0 Å². The lowest BCUT2D eigenvalue weighted by Gasteiger charge is -2.37. The maximum Gasteiger partial charge on any atom is 0.251 e. The van der Waals surface area contributed by atoms with Crippen LogP contribution in [0.15, 0.2) is 66.9 Å². The van der Waals surface area contributed by atoms with Gasteiger partial charge in [0, 0.05) is 47.8 Å². The Hall–Kier alpha value is -3.99. The average Bonchev–Trinajstić information content (AvgIpc) is 3.34. The minimum absolute atomic E-state index is 0.0449. The quantitative estimate of drug-likeness (QED) is 0.410. The van der Waals surface area contributed by atoms with Crippen molar-refractivity contribution in [3.8, 4) is 0 Å². The van der Waals surface area contributed by atoms with Crippen LogP contribution in [-0.4, -0.2) is 45.9 Å². The number of anilines is 2. The zero-order chi connectivity index (χ0) is 29.1. The number of carbonyl (C=O) groups excluding carboxylic acids is 3. The molecule has 2 aromatic carbocycles. The molecule has 1 saturated carbocycles. The molecule has 12 heteroatoms. The average molecular weight is 586 g/mol. The molecule has 0 radical (unpaired) electrons. The molecule has 41 heavy (non-hydrogen) atoms. The molecule has 0 bridgehead atoms. The summed E-state index contributed by atoms with van der Waals surface area (Å²) in [5, 5.41) is 10.8. The largest absolute Gasteiger partial charge is 0.351 e. The third-order valence-corrected chi connectivity index (χ3v) is 7.74. The van der Waals surface area contributed by atoms with E-state index >= 15 is 0 Å². The number of carbonyl (C=O) groups is 3. The minimum Gasteiger partial charge on any atom is -0.351 e. The molecule has 2 aliphatic rings. The Morgan fingerprint density at radius 1 is 1.05 bits per heavy atom. The summed E-state index contributed by atoms with van der Waals surface area (Å²) in [5.74, 6) is -4.98. The van der Waals surface area contributed by atoms with Crippen molar-refractivity contribution in [2.24, 2.45) is 0 Å². The summed E-state index contributed by atoms with van der Waals surface area (Å²) in [5.41, 5.74) is 0.310. The Labute approximate surface area is 239 Å². The van der Waals surface area contributed by atoms with Gasteiger partial charge in [0.1, 0.15) is 17.9 Å². The van der Waals surface area contributed by atoms with E-state index in [2.05, 4.69) is 15.5 Å². The van der Waals surface area contributed by atoms with Gasteiger partial charge in [-0.1, -0.05) is 35.9 Å². The summed E-state index contributed by atoms with van der Waals surface area (Å²) >= 11 is 6.54. The molecule has 1 N–H and O–H groups in total. The number of alkyl halides is 2. The van der Waals surface area contributed by atoms with E-state index < -0.39 is 41.7 Å². The monoisotopic (exact) mass is 585 g/mol. The van der Waals surface area contributed by atoms with E-state index in [1.54, 1.807) is 36.4 Å². The van der Waals surface area contributed by atoms with E-state index in [1.165, 1.54) is 29.3 Å². The highest BCUT2D eigenvalue weighted by Gasteiger charge is 2.45. The molecule has 214 valence electrons. The summed E-state index contributed by atoms with van der Waals surface area (Å²) in [6.07, 6.45) is 0.951. The molecule has 1 aromatic heterocycles. The summed E-state index contributed by atoms with van der Waals surface area (Å²) in [7, 11) is 0. The van der Waals surface area contributed by atoms with Crippen molar-refractivity contribution in [3.05, 3.63) is 83.3 Å². The number of hydrogen-bond acceptors (Lipinski definition) is 5. The highest BCUT2D eigenvalue weighted by molar-refractivity contribution is 6.31. The number of aromatic nitrogens is 2. The van der Waals surface area contributed by atoms with Gasteiger partial charge in [-0.2, -0.15) is 5.10 Å². The van der Waals surface area contributed by atoms with Crippen LogP contribution in [0.5, 0.6) is 0 Å². The van der Waals surface area contributed by atoms with Crippen LogP contribution in [0.25, 0.3) is 0 Å². The molecule has 2 heterocycles. The maximum absolute atomic E-state index is 14.5. The number of nitrogens with zero attached hydrogens (tertiary/aromatic N) is 4. The van der Waals surface area contributed by atoms with E-state index in [9.17, 15) is 27.6 Å². The van der Waals surface area contributed by atoms with E-state index in [0.29, 0.717) is 0 Å². The van der Waals surface area contributed by atoms with Crippen LogP contribution in [0, 0.1) is 5.82 Å². The topological polar surface area (TPSA) is 95.5 Å². The Morgan fingerprint density at radius 2 is 1.80 bits per heavy atom. The smallest absolute Gasteiger partial charge is 0.251 e. The second-order valence-corrected chi connectivity index (χ2v) is 10.6. The number of benzene rings is 2. The molecule has 2 atom stereocenters. The lowest BCUT2D eigenvalue weighted by molar-refractivity contribution is -0.128. The van der Waals surface area contributed by atoms with Crippen LogP contribution in [0.3, 0.4) is 0 Å². The Bertz CT molecular complexity index is 1430. The van der Waals surface area contributed by atoms with E-state index in [4.69, 9.17) is 11.6 Å². The summed E-state index contributed by atoms with van der Waals surface area (Å²) in [6, 6.07) is 11.7. The molecule has 8 nitrogen and oxygen atoms in total. The van der Waals surface area contributed by atoms with Crippen molar-refractivity contribution >= 4 is 40.8 Å². The van der Waals surface area contributed by atoms with Crippen molar-refractivity contribution in [2.75, 3.05) is 9.80 Å². The van der Waals surface area contributed by atoms with Crippen molar-refractivity contribution in [3.63, 3.8) is 0 Å². The van der Waals surface area contributed by atoms with E-state index in [1.807, 2.05) is 0 Å². The minimum atomic E-state index is -2.80. The fraction of sp³-hybridized carbons (Fsp3) is 0.345. The van der Waals surface area contributed by atoms with Crippen LogP contribution in [0.1, 0.15) is 50.1 Å². The zero-order valence-corrected chi connectivity index (χ0v) is 22.6. The summed E-state index contributed by atoms with van der Waals surface area (Å²) in [6.45, 7) is 0. The van der Waals surface area contributed by atoms with Gasteiger partial charge in [-0.15, -0.1) is 5.10 Å². The number of hydrogen-bond donors (Lipinski definition) is 1. The predicted octanol–water partition coefficient (Wildman–Crippen LogP) is 5.23. The third kappa shape index (κ3) is 6.19. The number of rotatable bonds is 7. The van der Waals surface area contributed by atoms with Gasteiger partial charge < -0.3 is 5.32 Å². The molecule has 1 saturated heterocycles. The Balaban J connectivity index is 1.58. The number of halogens is 4. The first-order chi connectivity index (χ1) is 19.6. The second kappa shape index (κ2) is 11.9. The van der Waals surface area contributed by atoms with Crippen LogP contribution in [0.4, 0.5) is 24.7 Å².